The van der Waals surface area contributed by atoms with Gasteiger partial charge in [-0.2, -0.15) is 0 Å². The van der Waals surface area contributed by atoms with Crippen LogP contribution in [0.25, 0.3) is 0 Å². The van der Waals surface area contributed by atoms with Gasteiger partial charge < -0.3 is 10.2 Å². The summed E-state index contributed by atoms with van der Waals surface area (Å²) in [4.78, 5) is 38.9. The van der Waals surface area contributed by atoms with Crippen molar-refractivity contribution in [3.8, 4) is 0 Å². The molecule has 9 heteroatoms. The number of rotatable bonds is 8. The molecule has 2 atom stereocenters. The van der Waals surface area contributed by atoms with Crippen LogP contribution in [0.15, 0.2) is 127 Å². The molecule has 2 heterocycles. The van der Waals surface area contributed by atoms with Crippen LogP contribution in [0.1, 0.15) is 33.7 Å². The van der Waals surface area contributed by atoms with E-state index in [9.17, 15) is 22.8 Å². The first-order valence-corrected chi connectivity index (χ1v) is 14.3. The lowest BCUT2D eigenvalue weighted by molar-refractivity contribution is -0.128. The van der Waals surface area contributed by atoms with Crippen molar-refractivity contribution in [2.75, 3.05) is 4.90 Å². The summed E-state index contributed by atoms with van der Waals surface area (Å²) in [6.07, 6.45) is 1.90. The van der Waals surface area contributed by atoms with Crippen LogP contribution in [0.5, 0.6) is 0 Å². The summed E-state index contributed by atoms with van der Waals surface area (Å²) in [5.74, 6) is -4.59. The van der Waals surface area contributed by atoms with E-state index in [2.05, 4.69) is 10.3 Å². The highest BCUT2D eigenvalue weighted by molar-refractivity contribution is 6.20. The highest BCUT2D eigenvalue weighted by Crippen LogP contribution is 2.30. The molecule has 0 saturated carbocycles. The van der Waals surface area contributed by atoms with Crippen LogP contribution < -0.4 is 10.2 Å². The third-order valence-electron chi connectivity index (χ3n) is 7.64. The summed E-state index contributed by atoms with van der Waals surface area (Å²) >= 11 is 0. The first-order chi connectivity index (χ1) is 21.9. The molecule has 2 amide bonds. The lowest BCUT2D eigenvalue weighted by Crippen LogP contribution is -2.48. The highest BCUT2D eigenvalue weighted by Gasteiger charge is 2.35. The maximum absolute atomic E-state index is 14.3. The van der Waals surface area contributed by atoms with Crippen molar-refractivity contribution in [1.29, 1.82) is 0 Å². The number of aliphatic imine (C=N–C) groups is 1. The largest absolute Gasteiger partial charge is 0.326 e. The normalized spacial score (nSPS) is 15.1. The van der Waals surface area contributed by atoms with E-state index >= 15 is 0 Å². The fraction of sp³-hybridized carbons (Fsp3) is 0.111. The van der Waals surface area contributed by atoms with Gasteiger partial charge in [0, 0.05) is 23.5 Å². The van der Waals surface area contributed by atoms with E-state index in [1.165, 1.54) is 30.3 Å². The van der Waals surface area contributed by atoms with Gasteiger partial charge in [0.05, 0.1) is 23.9 Å². The van der Waals surface area contributed by atoms with Gasteiger partial charge in [-0.15, -0.1) is 0 Å². The topological polar surface area (TPSA) is 74.7 Å². The lowest BCUT2D eigenvalue weighted by Gasteiger charge is -2.26. The molecule has 224 valence electrons. The number of hydrogen-bond donors (Lipinski definition) is 1. The molecule has 0 bridgehead atoms. The summed E-state index contributed by atoms with van der Waals surface area (Å²) in [6, 6.07) is 29.1. The summed E-state index contributed by atoms with van der Waals surface area (Å²) < 4.78 is 41.6. The average Bonchev–Trinajstić information content (AvgIpc) is 3.17. The van der Waals surface area contributed by atoms with E-state index in [0.717, 1.165) is 23.3 Å². The van der Waals surface area contributed by atoms with Crippen molar-refractivity contribution >= 4 is 23.2 Å². The second-order valence-corrected chi connectivity index (χ2v) is 10.6. The molecule has 1 N–H and O–H groups in total. The van der Waals surface area contributed by atoms with E-state index < -0.39 is 41.3 Å². The number of para-hydroxylation sites is 1. The zero-order valence-electron chi connectivity index (χ0n) is 23.9. The Kier molecular flexibility index (Phi) is 8.50. The number of benzene rings is 4. The summed E-state index contributed by atoms with van der Waals surface area (Å²) in [6.45, 7) is 0.193. The molecule has 1 aromatic heterocycles. The van der Waals surface area contributed by atoms with Crippen molar-refractivity contribution in [3.63, 3.8) is 0 Å². The minimum Gasteiger partial charge on any atom is -0.326 e. The standard InChI is InChI=1S/C36H27F3N4O2/c37-27-13-11-25(12-14-27)29(20-24-10-15-30(38)31(39)21-24)35(44)42-34-36(45)43(22-23-16-18-40-19-17-23)32-9-5-4-8-28(32)33(41-34)26-6-2-1-3-7-26/h1-19,21,29,34H,20,22H2,(H,42,44)/t29-,34?/m1/s1. The summed E-state index contributed by atoms with van der Waals surface area (Å²) in [5, 5.41) is 2.83. The number of fused-ring (bicyclic) bond motifs is 1. The predicted molar refractivity (Wildman–Crippen MR) is 165 cm³/mol. The van der Waals surface area contributed by atoms with Gasteiger partial charge >= 0.3 is 0 Å². The number of pyridine rings is 1. The number of nitrogens with one attached hydrogen (secondary N) is 1. The fourth-order valence-electron chi connectivity index (χ4n) is 5.38. The fourth-order valence-corrected chi connectivity index (χ4v) is 5.38. The molecule has 1 aliphatic heterocycles. The van der Waals surface area contributed by atoms with Gasteiger partial charge in [-0.1, -0.05) is 66.7 Å². The number of anilines is 1. The Morgan fingerprint density at radius 3 is 2.24 bits per heavy atom. The maximum atomic E-state index is 14.3. The molecular formula is C36H27F3N4O2. The van der Waals surface area contributed by atoms with Crippen LogP contribution in [0, 0.1) is 17.5 Å². The van der Waals surface area contributed by atoms with Gasteiger partial charge in [0.1, 0.15) is 5.82 Å². The average molecular weight is 605 g/mol. The van der Waals surface area contributed by atoms with Gasteiger partial charge in [0.2, 0.25) is 12.1 Å². The Hall–Kier alpha value is -5.57. The molecule has 0 radical (unpaired) electrons. The van der Waals surface area contributed by atoms with Crippen molar-refractivity contribution in [2.45, 2.75) is 25.0 Å². The van der Waals surface area contributed by atoms with E-state index in [4.69, 9.17) is 4.99 Å². The minimum absolute atomic E-state index is 0.0359. The Morgan fingerprint density at radius 1 is 0.800 bits per heavy atom. The van der Waals surface area contributed by atoms with Crippen molar-refractivity contribution < 1.29 is 22.8 Å². The molecule has 0 spiro atoms. The quantitative estimate of drug-likeness (QED) is 0.224. The van der Waals surface area contributed by atoms with Crippen molar-refractivity contribution in [2.24, 2.45) is 4.99 Å². The molecule has 6 rings (SSSR count). The number of nitrogens with zero attached hydrogens (tertiary/aromatic N) is 3. The molecule has 5 aromatic rings. The third kappa shape index (κ3) is 6.52. The van der Waals surface area contributed by atoms with E-state index in [-0.39, 0.29) is 13.0 Å². The molecule has 1 aliphatic rings. The highest BCUT2D eigenvalue weighted by atomic mass is 19.2. The summed E-state index contributed by atoms with van der Waals surface area (Å²) in [5.41, 5.74) is 4.20. The van der Waals surface area contributed by atoms with Crippen LogP contribution in [0.3, 0.4) is 0 Å². The first-order valence-electron chi connectivity index (χ1n) is 14.3. The lowest BCUT2D eigenvalue weighted by atomic mass is 9.91. The van der Waals surface area contributed by atoms with E-state index in [1.807, 2.05) is 54.6 Å². The van der Waals surface area contributed by atoms with Gasteiger partial charge in [0.25, 0.3) is 5.91 Å². The molecule has 45 heavy (non-hydrogen) atoms. The molecule has 6 nitrogen and oxygen atoms in total. The van der Waals surface area contributed by atoms with Crippen molar-refractivity contribution in [3.05, 3.63) is 167 Å². The van der Waals surface area contributed by atoms with Crippen LogP contribution in [-0.4, -0.2) is 28.7 Å². The van der Waals surface area contributed by atoms with Gasteiger partial charge in [-0.05, 0) is 65.6 Å². The molecule has 1 unspecified atom stereocenters. The zero-order chi connectivity index (χ0) is 31.3. The number of carbonyl (C=O) groups is 2. The Morgan fingerprint density at radius 2 is 1.51 bits per heavy atom. The number of aromatic nitrogens is 1. The Balaban J connectivity index is 1.41. The number of carbonyl (C=O) groups excluding carboxylic acids is 2. The van der Waals surface area contributed by atoms with Gasteiger partial charge in [-0.25, -0.2) is 18.2 Å². The van der Waals surface area contributed by atoms with Crippen LogP contribution in [0.2, 0.25) is 0 Å². The smallest absolute Gasteiger partial charge is 0.272 e. The van der Waals surface area contributed by atoms with Gasteiger partial charge in [-0.3, -0.25) is 14.6 Å². The zero-order valence-corrected chi connectivity index (χ0v) is 23.9. The molecule has 0 saturated heterocycles. The van der Waals surface area contributed by atoms with Gasteiger partial charge in [0.15, 0.2) is 11.6 Å². The van der Waals surface area contributed by atoms with E-state index in [0.29, 0.717) is 28.1 Å². The number of benzodiazepines with no additional fused rings is 1. The first kappa shape index (κ1) is 29.5. The molecule has 4 aromatic carbocycles. The monoisotopic (exact) mass is 604 g/mol. The SMILES string of the molecule is O=C(NC1N=C(c2ccccc2)c2ccccc2N(Cc2ccncc2)C1=O)[C@H](Cc1ccc(F)c(F)c1)c1ccc(F)cc1. The number of amides is 2. The second-order valence-electron chi connectivity index (χ2n) is 10.6. The molecule has 0 aliphatic carbocycles. The van der Waals surface area contributed by atoms with Crippen LogP contribution >= 0.6 is 0 Å². The molecular weight excluding hydrogens is 577 g/mol. The Bertz CT molecular complexity index is 1870. The number of halogens is 3. The summed E-state index contributed by atoms with van der Waals surface area (Å²) in [7, 11) is 0. The third-order valence-corrected chi connectivity index (χ3v) is 7.64. The Labute approximate surface area is 257 Å². The van der Waals surface area contributed by atoms with Crippen LogP contribution in [-0.2, 0) is 22.6 Å². The van der Waals surface area contributed by atoms with E-state index in [1.54, 1.807) is 29.4 Å². The maximum Gasteiger partial charge on any atom is 0.272 e. The van der Waals surface area contributed by atoms with Crippen LogP contribution in [0.4, 0.5) is 18.9 Å². The molecule has 0 fully saturated rings. The second kappa shape index (κ2) is 13.0. The number of hydrogen-bond acceptors (Lipinski definition) is 4. The minimum atomic E-state index is -1.34. The van der Waals surface area contributed by atoms with Crippen molar-refractivity contribution in [1.82, 2.24) is 10.3 Å². The predicted octanol–water partition coefficient (Wildman–Crippen LogP) is 6.35.